The second-order valence-corrected chi connectivity index (χ2v) is 6.86. The fourth-order valence-electron chi connectivity index (χ4n) is 3.27. The van der Waals surface area contributed by atoms with Crippen molar-refractivity contribution >= 4 is 35.0 Å². The van der Waals surface area contributed by atoms with Crippen molar-refractivity contribution in [1.82, 2.24) is 4.98 Å². The standard InChI is InChI=1S/C21H24N4O4/c1-4-29-21(28)15-9-10-18(22-12-15)24(3)13-20(27)25-14(2)11-19(26)23-16-7-5-6-8-17(16)25/h5-10,12,14H,4,11,13H2,1-3H3,(H,23,26)/t14-/m1/s1. The summed E-state index contributed by atoms with van der Waals surface area (Å²) in [6.45, 7) is 3.95. The number of aromatic nitrogens is 1. The van der Waals surface area contributed by atoms with Crippen molar-refractivity contribution in [3.63, 3.8) is 0 Å². The number of rotatable bonds is 5. The molecule has 0 unspecified atom stereocenters. The van der Waals surface area contributed by atoms with Gasteiger partial charge in [0.25, 0.3) is 0 Å². The maximum absolute atomic E-state index is 13.1. The van der Waals surface area contributed by atoms with E-state index < -0.39 is 5.97 Å². The molecule has 0 saturated carbocycles. The van der Waals surface area contributed by atoms with Gasteiger partial charge in [0.2, 0.25) is 11.8 Å². The van der Waals surface area contributed by atoms with Crippen LogP contribution in [0.1, 0.15) is 30.6 Å². The number of amides is 2. The van der Waals surface area contributed by atoms with Gasteiger partial charge in [-0.25, -0.2) is 9.78 Å². The quantitative estimate of drug-likeness (QED) is 0.781. The Morgan fingerprint density at radius 2 is 2.03 bits per heavy atom. The average molecular weight is 396 g/mol. The summed E-state index contributed by atoms with van der Waals surface area (Å²) in [6.07, 6.45) is 1.65. The molecule has 0 bridgehead atoms. The highest BCUT2D eigenvalue weighted by Gasteiger charge is 2.30. The number of esters is 1. The Morgan fingerprint density at radius 1 is 1.28 bits per heavy atom. The third-order valence-electron chi connectivity index (χ3n) is 4.65. The van der Waals surface area contributed by atoms with Crippen LogP contribution in [0.15, 0.2) is 42.6 Å². The van der Waals surface area contributed by atoms with Crippen LogP contribution >= 0.6 is 0 Å². The lowest BCUT2D eigenvalue weighted by molar-refractivity contribution is -0.118. The van der Waals surface area contributed by atoms with Crippen molar-refractivity contribution in [1.29, 1.82) is 0 Å². The van der Waals surface area contributed by atoms with Gasteiger partial charge in [-0.1, -0.05) is 12.1 Å². The van der Waals surface area contributed by atoms with Gasteiger partial charge in [-0.3, -0.25) is 9.59 Å². The van der Waals surface area contributed by atoms with Gasteiger partial charge in [-0.05, 0) is 38.1 Å². The van der Waals surface area contributed by atoms with E-state index in [0.717, 1.165) is 0 Å². The number of para-hydroxylation sites is 2. The Balaban J connectivity index is 1.77. The van der Waals surface area contributed by atoms with Gasteiger partial charge in [0.15, 0.2) is 0 Å². The van der Waals surface area contributed by atoms with E-state index in [9.17, 15) is 14.4 Å². The second kappa shape index (κ2) is 8.72. The van der Waals surface area contributed by atoms with E-state index in [1.807, 2.05) is 25.1 Å². The van der Waals surface area contributed by atoms with Gasteiger partial charge in [-0.2, -0.15) is 0 Å². The normalized spacial score (nSPS) is 15.8. The summed E-state index contributed by atoms with van der Waals surface area (Å²) in [5.41, 5.74) is 1.65. The van der Waals surface area contributed by atoms with Crippen molar-refractivity contribution in [2.45, 2.75) is 26.3 Å². The van der Waals surface area contributed by atoms with Crippen LogP contribution in [0.4, 0.5) is 17.2 Å². The van der Waals surface area contributed by atoms with Crippen molar-refractivity contribution < 1.29 is 19.1 Å². The molecule has 2 aromatic rings. The lowest BCUT2D eigenvalue weighted by Crippen LogP contribution is -2.44. The van der Waals surface area contributed by atoms with Crippen LogP contribution in [-0.4, -0.2) is 49.0 Å². The number of ether oxygens (including phenoxy) is 1. The number of hydrogen-bond acceptors (Lipinski definition) is 6. The monoisotopic (exact) mass is 396 g/mol. The van der Waals surface area contributed by atoms with Gasteiger partial charge >= 0.3 is 5.97 Å². The predicted molar refractivity (Wildman–Crippen MR) is 110 cm³/mol. The van der Waals surface area contributed by atoms with Gasteiger partial charge in [0, 0.05) is 25.7 Å². The Bertz CT molecular complexity index is 913. The van der Waals surface area contributed by atoms with E-state index in [1.54, 1.807) is 42.0 Å². The van der Waals surface area contributed by atoms with Gasteiger partial charge < -0.3 is 19.9 Å². The first kappa shape index (κ1) is 20.3. The zero-order chi connectivity index (χ0) is 21.0. The van der Waals surface area contributed by atoms with Crippen molar-refractivity contribution in [2.24, 2.45) is 0 Å². The minimum absolute atomic E-state index is 0.0681. The number of hydrogen-bond donors (Lipinski definition) is 1. The zero-order valence-corrected chi connectivity index (χ0v) is 16.7. The van der Waals surface area contributed by atoms with E-state index in [4.69, 9.17) is 4.74 Å². The minimum atomic E-state index is -0.433. The lowest BCUT2D eigenvalue weighted by atomic mass is 10.1. The number of carbonyl (C=O) groups excluding carboxylic acids is 3. The molecule has 29 heavy (non-hydrogen) atoms. The fraction of sp³-hybridized carbons (Fsp3) is 0.333. The molecule has 8 nitrogen and oxygen atoms in total. The number of likely N-dealkylation sites (N-methyl/N-ethyl adjacent to an activating group) is 1. The molecule has 1 atom stereocenters. The first-order valence-corrected chi connectivity index (χ1v) is 9.46. The zero-order valence-electron chi connectivity index (χ0n) is 16.7. The molecule has 8 heteroatoms. The van der Waals surface area contributed by atoms with E-state index in [-0.39, 0.29) is 30.8 Å². The largest absolute Gasteiger partial charge is 0.462 e. The van der Waals surface area contributed by atoms with E-state index in [2.05, 4.69) is 10.3 Å². The van der Waals surface area contributed by atoms with E-state index in [1.165, 1.54) is 6.20 Å². The van der Waals surface area contributed by atoms with E-state index in [0.29, 0.717) is 29.4 Å². The summed E-state index contributed by atoms with van der Waals surface area (Å²) in [6, 6.07) is 10.3. The van der Waals surface area contributed by atoms with Crippen LogP contribution in [0.2, 0.25) is 0 Å². The van der Waals surface area contributed by atoms with Gasteiger partial charge in [0.05, 0.1) is 30.1 Å². The molecule has 0 saturated heterocycles. The number of nitrogens with one attached hydrogen (secondary N) is 1. The summed E-state index contributed by atoms with van der Waals surface area (Å²) in [4.78, 5) is 44.6. The number of nitrogens with zero attached hydrogens (tertiary/aromatic N) is 3. The number of pyridine rings is 1. The molecule has 1 aromatic heterocycles. The first-order valence-electron chi connectivity index (χ1n) is 9.46. The van der Waals surface area contributed by atoms with Crippen LogP contribution in [0.3, 0.4) is 0 Å². The number of anilines is 3. The minimum Gasteiger partial charge on any atom is -0.462 e. The molecular formula is C21H24N4O4. The van der Waals surface area contributed by atoms with Crippen molar-refractivity contribution in [3.8, 4) is 0 Å². The third-order valence-corrected chi connectivity index (χ3v) is 4.65. The molecular weight excluding hydrogens is 372 g/mol. The summed E-state index contributed by atoms with van der Waals surface area (Å²) in [5.74, 6) is -0.154. The number of fused-ring (bicyclic) bond motifs is 1. The summed E-state index contributed by atoms with van der Waals surface area (Å²) < 4.78 is 4.95. The molecule has 0 fully saturated rings. The SMILES string of the molecule is CCOC(=O)c1ccc(N(C)CC(=O)N2c3ccccc3NC(=O)C[C@H]2C)nc1. The average Bonchev–Trinajstić information content (AvgIpc) is 2.82. The molecule has 0 aliphatic carbocycles. The molecule has 1 aliphatic heterocycles. The predicted octanol–water partition coefficient (Wildman–Crippen LogP) is 2.46. The molecule has 1 N–H and O–H groups in total. The van der Waals surface area contributed by atoms with E-state index >= 15 is 0 Å². The molecule has 152 valence electrons. The Labute approximate surface area is 169 Å². The molecule has 2 heterocycles. The highest BCUT2D eigenvalue weighted by molar-refractivity contribution is 6.05. The van der Waals surface area contributed by atoms with Crippen LogP contribution in [-0.2, 0) is 14.3 Å². The van der Waals surface area contributed by atoms with Crippen LogP contribution in [0, 0.1) is 0 Å². The second-order valence-electron chi connectivity index (χ2n) is 6.86. The summed E-state index contributed by atoms with van der Waals surface area (Å²) in [5, 5.41) is 2.85. The molecule has 2 amide bonds. The molecule has 1 aliphatic rings. The summed E-state index contributed by atoms with van der Waals surface area (Å²) in [7, 11) is 1.75. The van der Waals surface area contributed by atoms with Crippen molar-refractivity contribution in [2.75, 3.05) is 35.3 Å². The maximum atomic E-state index is 13.1. The Morgan fingerprint density at radius 3 is 2.72 bits per heavy atom. The van der Waals surface area contributed by atoms with Crippen LogP contribution < -0.4 is 15.1 Å². The van der Waals surface area contributed by atoms with Crippen LogP contribution in [0.25, 0.3) is 0 Å². The highest BCUT2D eigenvalue weighted by atomic mass is 16.5. The Kier molecular flexibility index (Phi) is 6.11. The Hall–Kier alpha value is -3.42. The molecule has 0 spiro atoms. The van der Waals surface area contributed by atoms with Crippen molar-refractivity contribution in [3.05, 3.63) is 48.2 Å². The third kappa shape index (κ3) is 4.53. The fourth-order valence-corrected chi connectivity index (χ4v) is 3.27. The topological polar surface area (TPSA) is 91.8 Å². The van der Waals surface area contributed by atoms with Gasteiger partial charge in [-0.15, -0.1) is 0 Å². The number of carbonyl (C=O) groups is 3. The summed E-state index contributed by atoms with van der Waals surface area (Å²) >= 11 is 0. The van der Waals surface area contributed by atoms with Gasteiger partial charge in [0.1, 0.15) is 5.82 Å². The molecule has 1 aromatic carbocycles. The number of benzene rings is 1. The smallest absolute Gasteiger partial charge is 0.339 e. The van der Waals surface area contributed by atoms with Crippen LogP contribution in [0.5, 0.6) is 0 Å². The highest BCUT2D eigenvalue weighted by Crippen LogP contribution is 2.31. The maximum Gasteiger partial charge on any atom is 0.339 e. The first-order chi connectivity index (χ1) is 13.9. The lowest BCUT2D eigenvalue weighted by Gasteiger charge is -2.30. The molecule has 0 radical (unpaired) electrons. The molecule has 3 rings (SSSR count).